The van der Waals surface area contributed by atoms with Crippen LogP contribution in [0.5, 0.6) is 5.75 Å². The van der Waals surface area contributed by atoms with Crippen LogP contribution in [-0.2, 0) is 17.6 Å². The van der Waals surface area contributed by atoms with Gasteiger partial charge in [-0.05, 0) is 72.7 Å². The molecule has 1 aliphatic heterocycles. The Morgan fingerprint density at radius 2 is 1.66 bits per heavy atom. The van der Waals surface area contributed by atoms with Crippen molar-refractivity contribution in [2.45, 2.75) is 25.7 Å². The molecule has 2 N–H and O–H groups in total. The normalized spacial score (nSPS) is 13.5. The van der Waals surface area contributed by atoms with Gasteiger partial charge in [-0.25, -0.2) is 0 Å². The number of aryl methyl sites for hydroxylation is 1. The fraction of sp³-hybridized carbons (Fsp3) is 0.276. The van der Waals surface area contributed by atoms with Gasteiger partial charge in [-0.15, -0.1) is 0 Å². The lowest BCUT2D eigenvalue weighted by Crippen LogP contribution is -2.35. The Bertz CT molecular complexity index is 1180. The minimum Gasteiger partial charge on any atom is -0.492 e. The Labute approximate surface area is 217 Å². The van der Waals surface area contributed by atoms with Crippen LogP contribution in [0.25, 0.3) is 5.57 Å². The Hall–Kier alpha value is -2.79. The Balaban J connectivity index is 1.32. The summed E-state index contributed by atoms with van der Waals surface area (Å²) in [7, 11) is 0. The van der Waals surface area contributed by atoms with E-state index in [4.69, 9.17) is 27.9 Å². The second kappa shape index (κ2) is 12.8. The highest BCUT2D eigenvalue weighted by molar-refractivity contribution is 6.32. The number of rotatable bonds is 10. The Morgan fingerprint density at radius 3 is 2.43 bits per heavy atom. The monoisotopic (exact) mass is 508 g/mol. The third kappa shape index (κ3) is 7.11. The van der Waals surface area contributed by atoms with Crippen LogP contribution in [0.4, 0.5) is 0 Å². The topological polar surface area (TPSA) is 50.4 Å². The number of hydrogen-bond donors (Lipinski definition) is 2. The van der Waals surface area contributed by atoms with Crippen molar-refractivity contribution in [3.63, 3.8) is 0 Å². The molecule has 6 heteroatoms. The first-order valence-corrected chi connectivity index (χ1v) is 12.8. The molecule has 0 aliphatic carbocycles. The summed E-state index contributed by atoms with van der Waals surface area (Å²) in [4.78, 5) is 13.0. The lowest BCUT2D eigenvalue weighted by atomic mass is 9.92. The van der Waals surface area contributed by atoms with E-state index < -0.39 is 0 Å². The van der Waals surface area contributed by atoms with E-state index in [-0.39, 0.29) is 5.91 Å². The quantitative estimate of drug-likeness (QED) is 0.324. The molecule has 0 aromatic heterocycles. The highest BCUT2D eigenvalue weighted by atomic mass is 35.5. The van der Waals surface area contributed by atoms with Crippen LogP contribution in [0, 0.1) is 0 Å². The summed E-state index contributed by atoms with van der Waals surface area (Å²) < 4.78 is 5.79. The summed E-state index contributed by atoms with van der Waals surface area (Å²) in [6, 6.07) is 23.8. The smallest absolute Gasteiger partial charge is 0.248 e. The number of ether oxygens (including phenoxy) is 1. The largest absolute Gasteiger partial charge is 0.492 e. The van der Waals surface area contributed by atoms with Gasteiger partial charge < -0.3 is 15.4 Å². The molecule has 35 heavy (non-hydrogen) atoms. The number of para-hydroxylation sites is 1. The Morgan fingerprint density at radius 1 is 0.914 bits per heavy atom. The first kappa shape index (κ1) is 25.3. The molecule has 0 saturated carbocycles. The summed E-state index contributed by atoms with van der Waals surface area (Å²) in [5, 5.41) is 7.77. The van der Waals surface area contributed by atoms with Gasteiger partial charge >= 0.3 is 0 Å². The minimum atomic E-state index is -0.0138. The summed E-state index contributed by atoms with van der Waals surface area (Å²) in [5.41, 5.74) is 5.33. The third-order valence-corrected chi connectivity index (χ3v) is 6.82. The van der Waals surface area contributed by atoms with E-state index in [1.54, 1.807) is 0 Å². The van der Waals surface area contributed by atoms with Crippen molar-refractivity contribution in [2.75, 3.05) is 26.2 Å². The van der Waals surface area contributed by atoms with Gasteiger partial charge in [0.25, 0.3) is 0 Å². The molecule has 1 heterocycles. The van der Waals surface area contributed by atoms with Crippen molar-refractivity contribution in [1.82, 2.24) is 10.6 Å². The van der Waals surface area contributed by atoms with Crippen molar-refractivity contribution in [3.05, 3.63) is 105 Å². The number of benzene rings is 3. The zero-order chi connectivity index (χ0) is 24.5. The van der Waals surface area contributed by atoms with Gasteiger partial charge in [0.2, 0.25) is 5.91 Å². The molecule has 3 aromatic rings. The van der Waals surface area contributed by atoms with Gasteiger partial charge in [0.05, 0.1) is 11.6 Å². The molecule has 0 spiro atoms. The van der Waals surface area contributed by atoms with Gasteiger partial charge in [0.1, 0.15) is 5.75 Å². The molecule has 0 atom stereocenters. The summed E-state index contributed by atoms with van der Waals surface area (Å²) in [5.74, 6) is 0.708. The fourth-order valence-corrected chi connectivity index (χ4v) is 4.65. The van der Waals surface area contributed by atoms with Crippen molar-refractivity contribution in [1.29, 1.82) is 0 Å². The summed E-state index contributed by atoms with van der Waals surface area (Å²) >= 11 is 12.4. The van der Waals surface area contributed by atoms with Crippen LogP contribution in [0.3, 0.4) is 0 Å². The van der Waals surface area contributed by atoms with Crippen molar-refractivity contribution < 1.29 is 9.53 Å². The second-order valence-electron chi connectivity index (χ2n) is 8.56. The lowest BCUT2D eigenvalue weighted by Gasteiger charge is -2.21. The first-order valence-electron chi connectivity index (χ1n) is 12.0. The van der Waals surface area contributed by atoms with Gasteiger partial charge in [-0.3, -0.25) is 4.79 Å². The van der Waals surface area contributed by atoms with Crippen LogP contribution in [0.15, 0.2) is 78.4 Å². The van der Waals surface area contributed by atoms with Crippen molar-refractivity contribution in [3.8, 4) is 5.75 Å². The highest BCUT2D eigenvalue weighted by Crippen LogP contribution is 2.26. The maximum atomic E-state index is 13.0. The lowest BCUT2D eigenvalue weighted by molar-refractivity contribution is -0.117. The number of nitrogens with one attached hydrogen (secondary N) is 2. The molecule has 182 valence electrons. The van der Waals surface area contributed by atoms with Crippen LogP contribution in [0.2, 0.25) is 10.0 Å². The van der Waals surface area contributed by atoms with E-state index in [2.05, 4.69) is 34.9 Å². The molecule has 1 aliphatic rings. The number of hydrogen-bond acceptors (Lipinski definition) is 3. The van der Waals surface area contributed by atoms with E-state index in [1.165, 1.54) is 5.56 Å². The number of carbonyl (C=O) groups is 1. The summed E-state index contributed by atoms with van der Waals surface area (Å²) in [6.45, 7) is 2.61. The molecule has 3 aromatic carbocycles. The van der Waals surface area contributed by atoms with Crippen molar-refractivity contribution >= 4 is 34.7 Å². The van der Waals surface area contributed by atoms with Gasteiger partial charge in [-0.1, -0.05) is 77.8 Å². The number of halogens is 2. The van der Waals surface area contributed by atoms with E-state index in [1.807, 2.05) is 48.5 Å². The zero-order valence-corrected chi connectivity index (χ0v) is 21.2. The molecule has 0 bridgehead atoms. The number of carbonyl (C=O) groups excluding carboxylic acids is 1. The van der Waals surface area contributed by atoms with Gasteiger partial charge in [-0.2, -0.15) is 0 Å². The van der Waals surface area contributed by atoms with Gasteiger partial charge in [0, 0.05) is 23.7 Å². The SMILES string of the molecule is O=C(NCCc1ccccc1Cl)C1=C(c2ccc(CCCOc3ccccc3Cl)cc2)CCNC1. The minimum absolute atomic E-state index is 0.0138. The fourth-order valence-electron chi connectivity index (χ4n) is 4.23. The predicted molar refractivity (Wildman–Crippen MR) is 144 cm³/mol. The molecular formula is C29H30Cl2N2O2. The van der Waals surface area contributed by atoms with Crippen LogP contribution < -0.4 is 15.4 Å². The average molecular weight is 509 g/mol. The van der Waals surface area contributed by atoms with E-state index in [0.29, 0.717) is 31.1 Å². The standard InChI is InChI=1S/C29H30Cl2N2O2/c30-26-8-2-1-7-23(26)15-18-33-29(34)25-20-32-17-16-24(25)22-13-11-21(12-14-22)6-5-19-35-28-10-4-3-9-27(28)31/h1-4,7-14,32H,5-6,15-20H2,(H,33,34). The summed E-state index contributed by atoms with van der Waals surface area (Å²) in [6.07, 6.45) is 3.35. The first-order chi connectivity index (χ1) is 17.1. The van der Waals surface area contributed by atoms with Crippen LogP contribution in [0.1, 0.15) is 29.5 Å². The molecule has 4 nitrogen and oxygen atoms in total. The molecule has 0 saturated heterocycles. The zero-order valence-electron chi connectivity index (χ0n) is 19.7. The van der Waals surface area contributed by atoms with Gasteiger partial charge in [0.15, 0.2) is 0 Å². The molecule has 0 fully saturated rings. The molecule has 0 radical (unpaired) electrons. The molecule has 0 unspecified atom stereocenters. The highest BCUT2D eigenvalue weighted by Gasteiger charge is 2.20. The van der Waals surface area contributed by atoms with Crippen molar-refractivity contribution in [2.24, 2.45) is 0 Å². The molecule has 4 rings (SSSR count). The van der Waals surface area contributed by atoms with E-state index >= 15 is 0 Å². The second-order valence-corrected chi connectivity index (χ2v) is 9.37. The Kier molecular flexibility index (Phi) is 9.24. The number of amides is 1. The third-order valence-electron chi connectivity index (χ3n) is 6.14. The average Bonchev–Trinajstić information content (AvgIpc) is 2.89. The van der Waals surface area contributed by atoms with Crippen LogP contribution >= 0.6 is 23.2 Å². The van der Waals surface area contributed by atoms with E-state index in [9.17, 15) is 4.79 Å². The maximum absolute atomic E-state index is 13.0. The van der Waals surface area contributed by atoms with E-state index in [0.717, 1.165) is 58.9 Å². The molecular weight excluding hydrogens is 479 g/mol. The molecule has 1 amide bonds. The maximum Gasteiger partial charge on any atom is 0.248 e. The predicted octanol–water partition coefficient (Wildman–Crippen LogP) is 6.11. The van der Waals surface area contributed by atoms with Crippen LogP contribution in [-0.4, -0.2) is 32.1 Å².